The normalized spacial score (nSPS) is 23.3. The second kappa shape index (κ2) is 9.99. The molecule has 0 heteroatoms. The molecule has 0 aliphatic heterocycles. The van der Waals surface area contributed by atoms with Gasteiger partial charge in [0, 0.05) is 0 Å². The van der Waals surface area contributed by atoms with Gasteiger partial charge >= 0.3 is 0 Å². The Balaban J connectivity index is 0.000000763. The highest BCUT2D eigenvalue weighted by molar-refractivity contribution is 4.94. The van der Waals surface area contributed by atoms with Gasteiger partial charge in [-0.1, -0.05) is 88.5 Å². The van der Waals surface area contributed by atoms with Crippen molar-refractivity contribution in [1.29, 1.82) is 0 Å². The van der Waals surface area contributed by atoms with Gasteiger partial charge in [-0.25, -0.2) is 0 Å². The van der Waals surface area contributed by atoms with E-state index < -0.39 is 0 Å². The molecule has 0 N–H and O–H groups in total. The van der Waals surface area contributed by atoms with Gasteiger partial charge in [-0.2, -0.15) is 0 Å². The summed E-state index contributed by atoms with van der Waals surface area (Å²) in [5.41, 5.74) is 0.501. The molecule has 0 saturated heterocycles. The van der Waals surface area contributed by atoms with Crippen molar-refractivity contribution in [3.05, 3.63) is 0 Å². The average molecular weight is 311 g/mol. The molecule has 0 aromatic rings. The first-order valence-corrected chi connectivity index (χ1v) is 10.1. The van der Waals surface area contributed by atoms with E-state index in [1.54, 1.807) is 0 Å². The molecule has 1 saturated carbocycles. The Morgan fingerprint density at radius 3 is 1.50 bits per heavy atom. The molecule has 0 heterocycles. The lowest BCUT2D eigenvalue weighted by Crippen LogP contribution is -2.44. The molecule has 1 fully saturated rings. The molecule has 1 aliphatic rings. The summed E-state index contributed by atoms with van der Waals surface area (Å²) < 4.78 is 0. The van der Waals surface area contributed by atoms with Crippen LogP contribution in [0.4, 0.5) is 0 Å². The minimum Gasteiger partial charge on any atom is -0.0651 e. The van der Waals surface area contributed by atoms with E-state index in [1.165, 1.54) is 32.1 Å². The Morgan fingerprint density at radius 2 is 1.27 bits per heavy atom. The number of hydrogen-bond donors (Lipinski definition) is 0. The van der Waals surface area contributed by atoms with Crippen LogP contribution in [0.25, 0.3) is 0 Å². The van der Waals surface area contributed by atoms with Gasteiger partial charge in [-0.3, -0.25) is 0 Å². The molecule has 22 heavy (non-hydrogen) atoms. The highest BCUT2D eigenvalue weighted by Crippen LogP contribution is 2.52. The van der Waals surface area contributed by atoms with E-state index >= 15 is 0 Å². The summed E-state index contributed by atoms with van der Waals surface area (Å²) in [6.07, 6.45) is 7.00. The van der Waals surface area contributed by atoms with Gasteiger partial charge in [0.1, 0.15) is 0 Å². The van der Waals surface area contributed by atoms with Crippen LogP contribution in [-0.2, 0) is 0 Å². The van der Waals surface area contributed by atoms with Crippen LogP contribution in [0.2, 0.25) is 0 Å². The Hall–Kier alpha value is 0. The van der Waals surface area contributed by atoms with Crippen molar-refractivity contribution in [2.45, 2.75) is 101 Å². The molecule has 134 valence electrons. The average Bonchev–Trinajstić information content (AvgIpc) is 2.41. The van der Waals surface area contributed by atoms with Gasteiger partial charge in [0.2, 0.25) is 0 Å². The molecular weight excluding hydrogens is 264 g/mol. The van der Waals surface area contributed by atoms with Crippen LogP contribution >= 0.6 is 0 Å². The zero-order chi connectivity index (χ0) is 17.5. The van der Waals surface area contributed by atoms with Crippen LogP contribution in [0.5, 0.6) is 0 Å². The summed E-state index contributed by atoms with van der Waals surface area (Å²) in [6, 6.07) is 0. The monoisotopic (exact) mass is 310 g/mol. The molecule has 0 aromatic heterocycles. The van der Waals surface area contributed by atoms with E-state index in [-0.39, 0.29) is 0 Å². The van der Waals surface area contributed by atoms with E-state index in [9.17, 15) is 0 Å². The Morgan fingerprint density at radius 1 is 0.864 bits per heavy atom. The van der Waals surface area contributed by atoms with Crippen LogP contribution in [0, 0.1) is 40.9 Å². The third-order valence-corrected chi connectivity index (χ3v) is 6.64. The first kappa shape index (κ1) is 22.0. The number of hydrogen-bond acceptors (Lipinski definition) is 0. The smallest absolute Gasteiger partial charge is 0.0298 e. The van der Waals surface area contributed by atoms with Gasteiger partial charge in [0.15, 0.2) is 0 Å². The summed E-state index contributed by atoms with van der Waals surface area (Å²) in [5.74, 6) is 5.55. The molecule has 0 bridgehead atoms. The quantitative estimate of drug-likeness (QED) is 0.449. The summed E-state index contributed by atoms with van der Waals surface area (Å²) in [6.45, 7) is 23.7. The fourth-order valence-corrected chi connectivity index (χ4v) is 4.04. The Labute approximate surface area is 142 Å². The maximum Gasteiger partial charge on any atom is -0.0298 e. The summed E-state index contributed by atoms with van der Waals surface area (Å²) >= 11 is 0. The van der Waals surface area contributed by atoms with Crippen molar-refractivity contribution in [3.63, 3.8) is 0 Å². The summed E-state index contributed by atoms with van der Waals surface area (Å²) in [4.78, 5) is 0. The van der Waals surface area contributed by atoms with Crippen molar-refractivity contribution >= 4 is 0 Å². The lowest BCUT2D eigenvalue weighted by atomic mass is 9.54. The molecule has 0 radical (unpaired) electrons. The molecule has 1 aliphatic carbocycles. The maximum atomic E-state index is 2.52. The van der Waals surface area contributed by atoms with Crippen LogP contribution in [-0.4, -0.2) is 0 Å². The van der Waals surface area contributed by atoms with Crippen LogP contribution < -0.4 is 0 Å². The highest BCUT2D eigenvalue weighted by atomic mass is 14.5. The van der Waals surface area contributed by atoms with Gasteiger partial charge in [-0.15, -0.1) is 0 Å². The zero-order valence-electron chi connectivity index (χ0n) is 17.5. The predicted octanol–water partition coefficient (Wildman–Crippen LogP) is 7.82. The lowest BCUT2D eigenvalue weighted by Gasteiger charge is -2.51. The summed E-state index contributed by atoms with van der Waals surface area (Å²) in [5, 5.41) is 0. The van der Waals surface area contributed by atoms with E-state index in [0.29, 0.717) is 5.41 Å². The van der Waals surface area contributed by atoms with E-state index in [2.05, 4.69) is 69.2 Å². The van der Waals surface area contributed by atoms with Gasteiger partial charge in [0.05, 0.1) is 0 Å². The van der Waals surface area contributed by atoms with Crippen molar-refractivity contribution in [2.75, 3.05) is 0 Å². The first-order valence-electron chi connectivity index (χ1n) is 10.1. The van der Waals surface area contributed by atoms with Crippen molar-refractivity contribution in [3.8, 4) is 0 Å². The molecule has 0 spiro atoms. The molecule has 0 nitrogen and oxygen atoms in total. The second-order valence-corrected chi connectivity index (χ2v) is 9.22. The molecule has 1 rings (SSSR count). The fourth-order valence-electron chi connectivity index (χ4n) is 4.04. The topological polar surface area (TPSA) is 0 Å². The van der Waals surface area contributed by atoms with E-state index in [0.717, 1.165) is 35.5 Å². The largest absolute Gasteiger partial charge is 0.0651 e. The minimum absolute atomic E-state index is 0.501. The molecular formula is C22H46. The first-order chi connectivity index (χ1) is 10.1. The zero-order valence-corrected chi connectivity index (χ0v) is 17.5. The standard InChI is InChI=1S/C17H34.C5H12/c1-8-14(9-2)16(15-10-13(5)11-15)17(6,7)12(3)4;1-4-5(2)3/h12-16H,8-11H2,1-7H3;5H,4H2,1-3H3. The van der Waals surface area contributed by atoms with Crippen molar-refractivity contribution in [1.82, 2.24) is 0 Å². The second-order valence-electron chi connectivity index (χ2n) is 9.22. The molecule has 0 aromatic carbocycles. The van der Waals surface area contributed by atoms with E-state index in [4.69, 9.17) is 0 Å². The molecule has 1 atom stereocenters. The molecule has 0 amide bonds. The van der Waals surface area contributed by atoms with E-state index in [1.807, 2.05) is 0 Å². The third-order valence-electron chi connectivity index (χ3n) is 6.64. The fraction of sp³-hybridized carbons (Fsp3) is 1.00. The predicted molar refractivity (Wildman–Crippen MR) is 103 cm³/mol. The van der Waals surface area contributed by atoms with Crippen LogP contribution in [0.1, 0.15) is 101 Å². The highest BCUT2D eigenvalue weighted by Gasteiger charge is 2.44. The van der Waals surface area contributed by atoms with Gasteiger partial charge in [0.25, 0.3) is 0 Å². The van der Waals surface area contributed by atoms with Gasteiger partial charge < -0.3 is 0 Å². The summed E-state index contributed by atoms with van der Waals surface area (Å²) in [7, 11) is 0. The number of rotatable bonds is 7. The van der Waals surface area contributed by atoms with Crippen molar-refractivity contribution in [2.24, 2.45) is 40.9 Å². The van der Waals surface area contributed by atoms with Crippen LogP contribution in [0.3, 0.4) is 0 Å². The van der Waals surface area contributed by atoms with Gasteiger partial charge in [-0.05, 0) is 53.8 Å². The minimum atomic E-state index is 0.501. The van der Waals surface area contributed by atoms with Crippen molar-refractivity contribution < 1.29 is 0 Å². The third kappa shape index (κ3) is 6.25. The lowest BCUT2D eigenvalue weighted by molar-refractivity contribution is -0.0211. The molecule has 1 unspecified atom stereocenters. The Kier molecular flexibility index (Phi) is 9.99. The van der Waals surface area contributed by atoms with Crippen LogP contribution in [0.15, 0.2) is 0 Å². The maximum absolute atomic E-state index is 2.52. The SMILES string of the molecule is CCC(C)C.CCC(CC)C(C1CC(C)C1)C(C)(C)C(C)C. The Bertz CT molecular complexity index is 264.